The number of benzene rings is 3. The predicted molar refractivity (Wildman–Crippen MR) is 128 cm³/mol. The first kappa shape index (κ1) is 23.1. The summed E-state index contributed by atoms with van der Waals surface area (Å²) in [7, 11) is 0. The molecule has 3 rings (SSSR count). The molecule has 3 aromatic rings. The van der Waals surface area contributed by atoms with Gasteiger partial charge in [-0.2, -0.15) is 0 Å². The molecular weight excluding hydrogens is 451 g/mol. The van der Waals surface area contributed by atoms with Crippen LogP contribution < -0.4 is 9.20 Å². The third-order valence-corrected chi connectivity index (χ3v) is 7.26. The molecule has 0 spiro atoms. The van der Waals surface area contributed by atoms with Crippen LogP contribution in [0.15, 0.2) is 66.7 Å². The van der Waals surface area contributed by atoms with E-state index in [9.17, 15) is 4.79 Å². The molecule has 0 amide bonds. The second kappa shape index (κ2) is 10.2. The van der Waals surface area contributed by atoms with Gasteiger partial charge >= 0.3 is 192 Å². The summed E-state index contributed by atoms with van der Waals surface area (Å²) in [5, 5.41) is 1.04. The summed E-state index contributed by atoms with van der Waals surface area (Å²) in [4.78, 5) is 12.1. The maximum atomic E-state index is 12.1. The van der Waals surface area contributed by atoms with Crippen LogP contribution in [0.4, 0.5) is 0 Å². The van der Waals surface area contributed by atoms with Crippen molar-refractivity contribution in [2.24, 2.45) is 0 Å². The van der Waals surface area contributed by atoms with E-state index in [1.807, 2.05) is 13.0 Å². The van der Waals surface area contributed by atoms with Crippen LogP contribution >= 0.6 is 0 Å². The van der Waals surface area contributed by atoms with E-state index in [0.29, 0.717) is 21.6 Å². The SMILES string of the molecule is CCOC(=O)C(C)(C)Oc1ccc([Se]Cc2ccc(-c3ccc(C)cc3)cc2)cc1C. The van der Waals surface area contributed by atoms with Gasteiger partial charge in [-0.15, -0.1) is 0 Å². The number of carbonyl (C=O) groups is 1. The van der Waals surface area contributed by atoms with Crippen molar-refractivity contribution >= 4 is 25.4 Å². The molecule has 0 aliphatic heterocycles. The average Bonchev–Trinajstić information content (AvgIpc) is 2.75. The van der Waals surface area contributed by atoms with E-state index in [1.54, 1.807) is 20.8 Å². The van der Waals surface area contributed by atoms with Crippen molar-refractivity contribution in [3.63, 3.8) is 0 Å². The summed E-state index contributed by atoms with van der Waals surface area (Å²) in [5.41, 5.74) is 5.15. The molecule has 0 aromatic heterocycles. The minimum absolute atomic E-state index is 0.325. The monoisotopic (exact) mass is 482 g/mol. The van der Waals surface area contributed by atoms with Crippen molar-refractivity contribution in [1.29, 1.82) is 0 Å². The van der Waals surface area contributed by atoms with Crippen molar-refractivity contribution in [3.05, 3.63) is 83.4 Å². The fourth-order valence-corrected chi connectivity index (χ4v) is 5.15. The van der Waals surface area contributed by atoms with Gasteiger partial charge in [0, 0.05) is 0 Å². The number of aryl methyl sites for hydroxylation is 2. The zero-order chi connectivity index (χ0) is 22.4. The molecule has 0 heterocycles. The van der Waals surface area contributed by atoms with Crippen LogP contribution in [0.2, 0.25) is 0 Å². The number of ether oxygens (including phenoxy) is 2. The molecule has 0 radical (unpaired) electrons. The molecule has 0 aliphatic rings. The number of rotatable bonds is 8. The third-order valence-electron chi connectivity index (χ3n) is 5.02. The van der Waals surface area contributed by atoms with Crippen LogP contribution in [-0.4, -0.2) is 33.1 Å². The van der Waals surface area contributed by atoms with Gasteiger partial charge in [-0.05, 0) is 0 Å². The third kappa shape index (κ3) is 6.22. The quantitative estimate of drug-likeness (QED) is 0.327. The van der Waals surface area contributed by atoms with Crippen molar-refractivity contribution in [1.82, 2.24) is 0 Å². The Labute approximate surface area is 191 Å². The van der Waals surface area contributed by atoms with E-state index in [-0.39, 0.29) is 5.97 Å². The van der Waals surface area contributed by atoms with Gasteiger partial charge in [-0.3, -0.25) is 0 Å². The summed E-state index contributed by atoms with van der Waals surface area (Å²) in [5.74, 6) is 0.372. The Balaban J connectivity index is 1.61. The number of hydrogen-bond acceptors (Lipinski definition) is 3. The van der Waals surface area contributed by atoms with E-state index in [2.05, 4.69) is 67.6 Å². The summed E-state index contributed by atoms with van der Waals surface area (Å²) in [6.07, 6.45) is 0. The first-order valence-electron chi connectivity index (χ1n) is 10.5. The van der Waals surface area contributed by atoms with E-state index >= 15 is 0 Å². The molecule has 0 saturated heterocycles. The van der Waals surface area contributed by atoms with Crippen molar-refractivity contribution in [3.8, 4) is 16.9 Å². The van der Waals surface area contributed by atoms with Crippen LogP contribution in [-0.2, 0) is 14.9 Å². The van der Waals surface area contributed by atoms with Crippen molar-refractivity contribution in [2.75, 3.05) is 6.61 Å². The standard InChI is InChI=1S/C27H30O3Se/c1-6-29-26(28)27(4,5)30-25-16-15-24(17-20(25)3)31-18-21-9-13-23(14-10-21)22-11-7-19(2)8-12-22/h7-17H,6,18H2,1-5H3. The molecule has 0 aliphatic carbocycles. The molecule has 3 nitrogen and oxygen atoms in total. The van der Waals surface area contributed by atoms with Crippen molar-refractivity contribution in [2.45, 2.75) is 45.5 Å². The molecule has 0 atom stereocenters. The van der Waals surface area contributed by atoms with Gasteiger partial charge < -0.3 is 0 Å². The Morgan fingerprint density at radius 2 is 1.52 bits per heavy atom. The molecule has 0 saturated carbocycles. The van der Waals surface area contributed by atoms with Gasteiger partial charge in [-0.1, -0.05) is 0 Å². The Hall–Kier alpha value is -2.55. The zero-order valence-corrected chi connectivity index (χ0v) is 20.6. The Morgan fingerprint density at radius 1 is 0.903 bits per heavy atom. The molecule has 162 valence electrons. The first-order chi connectivity index (χ1) is 14.8. The Morgan fingerprint density at radius 3 is 2.10 bits per heavy atom. The average molecular weight is 481 g/mol. The Kier molecular flexibility index (Phi) is 7.59. The van der Waals surface area contributed by atoms with E-state index in [0.717, 1.165) is 16.6 Å². The molecule has 0 bridgehead atoms. The summed E-state index contributed by atoms with van der Waals surface area (Å²) < 4.78 is 12.4. The first-order valence-corrected chi connectivity index (χ1v) is 12.6. The zero-order valence-electron chi connectivity index (χ0n) is 18.9. The second-order valence-corrected chi connectivity index (χ2v) is 10.3. The normalized spacial score (nSPS) is 11.3. The van der Waals surface area contributed by atoms with E-state index in [1.165, 1.54) is 26.7 Å². The fraction of sp³-hybridized carbons (Fsp3) is 0.296. The number of carbonyl (C=O) groups excluding carboxylic acids is 1. The summed E-state index contributed by atoms with van der Waals surface area (Å²) in [6, 6.07) is 23.7. The van der Waals surface area contributed by atoms with Gasteiger partial charge in [0.2, 0.25) is 0 Å². The molecule has 4 heteroatoms. The second-order valence-electron chi connectivity index (χ2n) is 8.11. The van der Waals surface area contributed by atoms with Crippen LogP contribution in [0.3, 0.4) is 0 Å². The van der Waals surface area contributed by atoms with Gasteiger partial charge in [0.1, 0.15) is 0 Å². The molecule has 31 heavy (non-hydrogen) atoms. The fourth-order valence-electron chi connectivity index (χ4n) is 3.15. The van der Waals surface area contributed by atoms with Gasteiger partial charge in [0.15, 0.2) is 0 Å². The van der Waals surface area contributed by atoms with E-state index in [4.69, 9.17) is 9.47 Å². The topological polar surface area (TPSA) is 35.5 Å². The van der Waals surface area contributed by atoms with Crippen molar-refractivity contribution < 1.29 is 14.3 Å². The summed E-state index contributed by atoms with van der Waals surface area (Å²) >= 11 is 0.325. The summed E-state index contributed by atoms with van der Waals surface area (Å²) in [6.45, 7) is 9.75. The van der Waals surface area contributed by atoms with Gasteiger partial charge in [0.25, 0.3) is 0 Å². The maximum absolute atomic E-state index is 12.1. The molecular formula is C27H30O3Se. The van der Waals surface area contributed by atoms with Crippen LogP contribution in [0, 0.1) is 13.8 Å². The number of esters is 1. The predicted octanol–water partition coefficient (Wildman–Crippen LogP) is 5.22. The molecule has 3 aromatic carbocycles. The van der Waals surface area contributed by atoms with Crippen LogP contribution in [0.25, 0.3) is 11.1 Å². The molecule has 0 fully saturated rings. The van der Waals surface area contributed by atoms with Crippen LogP contribution in [0.5, 0.6) is 5.75 Å². The van der Waals surface area contributed by atoms with E-state index < -0.39 is 5.60 Å². The molecule has 0 unspecified atom stereocenters. The van der Waals surface area contributed by atoms with Gasteiger partial charge in [-0.25, -0.2) is 0 Å². The number of hydrogen-bond donors (Lipinski definition) is 0. The minimum atomic E-state index is -1.01. The van der Waals surface area contributed by atoms with Gasteiger partial charge in [0.05, 0.1) is 0 Å². The van der Waals surface area contributed by atoms with Crippen LogP contribution in [0.1, 0.15) is 37.5 Å². The Bertz CT molecular complexity index is 1020. The molecule has 0 N–H and O–H groups in total.